The number of nitrogens with zero attached hydrogens (tertiary/aromatic N) is 1. The fourth-order valence-corrected chi connectivity index (χ4v) is 3.20. The quantitative estimate of drug-likeness (QED) is 0.866. The van der Waals surface area contributed by atoms with Crippen LogP contribution in [0.5, 0.6) is 0 Å². The molecule has 1 unspecified atom stereocenters. The number of thiophene rings is 1. The van der Waals surface area contributed by atoms with E-state index in [9.17, 15) is 0 Å². The van der Waals surface area contributed by atoms with Gasteiger partial charge in [-0.25, -0.2) is 0 Å². The smallest absolute Gasteiger partial charge is 0.0701 e. The zero-order valence-electron chi connectivity index (χ0n) is 9.59. The lowest BCUT2D eigenvalue weighted by Gasteiger charge is -2.21. The van der Waals surface area contributed by atoms with E-state index in [1.54, 1.807) is 0 Å². The summed E-state index contributed by atoms with van der Waals surface area (Å²) in [4.78, 5) is 3.67. The molecule has 0 amide bonds. The second-order valence-corrected chi connectivity index (χ2v) is 6.47. The highest BCUT2D eigenvalue weighted by molar-refractivity contribution is 9.11. The van der Waals surface area contributed by atoms with Gasteiger partial charge < -0.3 is 10.2 Å². The molecule has 0 radical (unpaired) electrons. The molecule has 0 saturated carbocycles. The Balaban J connectivity index is 2.50. The third-order valence-electron chi connectivity index (χ3n) is 2.15. The Hall–Kier alpha value is 0.1000. The molecular weight excluding hydrogens is 272 g/mol. The lowest BCUT2D eigenvalue weighted by molar-refractivity contribution is 0.340. The van der Waals surface area contributed by atoms with E-state index in [0.29, 0.717) is 6.04 Å². The van der Waals surface area contributed by atoms with Crippen LogP contribution in [0.15, 0.2) is 15.9 Å². The molecule has 0 aliphatic heterocycles. The number of rotatable bonds is 6. The van der Waals surface area contributed by atoms with Crippen LogP contribution in [0.1, 0.15) is 11.8 Å². The number of hydrogen-bond donors (Lipinski definition) is 1. The molecule has 0 aromatic carbocycles. The van der Waals surface area contributed by atoms with Crippen molar-refractivity contribution in [2.75, 3.05) is 27.2 Å². The minimum absolute atomic E-state index is 0.551. The van der Waals surface area contributed by atoms with E-state index in [1.807, 2.05) is 11.3 Å². The highest BCUT2D eigenvalue weighted by Gasteiger charge is 2.10. The molecule has 4 heteroatoms. The van der Waals surface area contributed by atoms with Gasteiger partial charge in [-0.2, -0.15) is 0 Å². The first kappa shape index (κ1) is 13.2. The van der Waals surface area contributed by atoms with Crippen molar-refractivity contribution >= 4 is 27.3 Å². The zero-order valence-corrected chi connectivity index (χ0v) is 12.0. The minimum Gasteiger partial charge on any atom is -0.313 e. The van der Waals surface area contributed by atoms with Gasteiger partial charge in [-0.3, -0.25) is 0 Å². The third-order valence-corrected chi connectivity index (χ3v) is 3.80. The maximum absolute atomic E-state index is 3.52. The number of hydrogen-bond acceptors (Lipinski definition) is 3. The average Bonchev–Trinajstić information content (AvgIpc) is 2.50. The Bertz CT molecular complexity index is 286. The molecular formula is C11H19BrN2S. The monoisotopic (exact) mass is 290 g/mol. The Morgan fingerprint density at radius 2 is 2.20 bits per heavy atom. The van der Waals surface area contributed by atoms with Crippen molar-refractivity contribution in [1.82, 2.24) is 10.2 Å². The van der Waals surface area contributed by atoms with Crippen LogP contribution >= 0.6 is 27.3 Å². The summed E-state index contributed by atoms with van der Waals surface area (Å²) in [6.45, 7) is 4.28. The van der Waals surface area contributed by atoms with Crippen molar-refractivity contribution in [1.29, 1.82) is 0 Å². The molecule has 1 aromatic rings. The van der Waals surface area contributed by atoms with E-state index in [2.05, 4.69) is 59.3 Å². The average molecular weight is 291 g/mol. The number of nitrogens with one attached hydrogen (secondary N) is 1. The van der Waals surface area contributed by atoms with E-state index >= 15 is 0 Å². The molecule has 1 N–H and O–H groups in total. The Morgan fingerprint density at radius 3 is 2.67 bits per heavy atom. The first-order valence-corrected chi connectivity index (χ1v) is 6.85. The molecule has 0 fully saturated rings. The largest absolute Gasteiger partial charge is 0.313 e. The summed E-state index contributed by atoms with van der Waals surface area (Å²) in [7, 11) is 4.24. The molecule has 0 saturated heterocycles. The lowest BCUT2D eigenvalue weighted by atomic mass is 10.1. The van der Waals surface area contributed by atoms with Crippen molar-refractivity contribution in [3.8, 4) is 0 Å². The summed E-state index contributed by atoms with van der Waals surface area (Å²) in [6, 6.07) is 4.88. The van der Waals surface area contributed by atoms with Crippen molar-refractivity contribution in [3.05, 3.63) is 20.8 Å². The van der Waals surface area contributed by atoms with Crippen LogP contribution in [0.2, 0.25) is 0 Å². The van der Waals surface area contributed by atoms with Gasteiger partial charge in [-0.15, -0.1) is 11.3 Å². The summed E-state index contributed by atoms with van der Waals surface area (Å²) in [5.74, 6) is 0. The molecule has 86 valence electrons. The SMILES string of the molecule is CCNC(Cc1ccc(Br)s1)CN(C)C. The standard InChI is InChI=1S/C11H19BrN2S/c1-4-13-9(8-14(2)3)7-10-5-6-11(12)15-10/h5-6,9,13H,4,7-8H2,1-3H3. The van der Waals surface area contributed by atoms with Gasteiger partial charge in [0, 0.05) is 17.5 Å². The normalized spacial score (nSPS) is 13.4. The van der Waals surface area contributed by atoms with Crippen molar-refractivity contribution < 1.29 is 0 Å². The fraction of sp³-hybridized carbons (Fsp3) is 0.636. The van der Waals surface area contributed by atoms with E-state index in [1.165, 1.54) is 8.66 Å². The summed E-state index contributed by atoms with van der Waals surface area (Å²) in [6.07, 6.45) is 1.11. The van der Waals surface area contributed by atoms with Gasteiger partial charge in [0.2, 0.25) is 0 Å². The first-order chi connectivity index (χ1) is 7.11. The second-order valence-electron chi connectivity index (χ2n) is 3.93. The molecule has 0 spiro atoms. The highest BCUT2D eigenvalue weighted by atomic mass is 79.9. The molecule has 1 aromatic heterocycles. The molecule has 1 heterocycles. The van der Waals surface area contributed by atoms with Gasteiger partial charge in [-0.05, 0) is 55.1 Å². The maximum Gasteiger partial charge on any atom is 0.0701 e. The predicted octanol–water partition coefficient (Wildman–Crippen LogP) is 2.59. The first-order valence-electron chi connectivity index (χ1n) is 5.24. The lowest BCUT2D eigenvalue weighted by Crippen LogP contribution is -2.39. The van der Waals surface area contributed by atoms with Crippen LogP contribution < -0.4 is 5.32 Å². The zero-order chi connectivity index (χ0) is 11.3. The molecule has 0 aliphatic carbocycles. The van der Waals surface area contributed by atoms with E-state index in [-0.39, 0.29) is 0 Å². The van der Waals surface area contributed by atoms with Crippen LogP contribution in [-0.4, -0.2) is 38.1 Å². The summed E-state index contributed by atoms with van der Waals surface area (Å²) >= 11 is 5.33. The molecule has 1 atom stereocenters. The fourth-order valence-electron chi connectivity index (χ4n) is 1.64. The Morgan fingerprint density at radius 1 is 1.47 bits per heavy atom. The van der Waals surface area contributed by atoms with Crippen LogP contribution in [0, 0.1) is 0 Å². The minimum atomic E-state index is 0.551. The van der Waals surface area contributed by atoms with Gasteiger partial charge in [0.25, 0.3) is 0 Å². The van der Waals surface area contributed by atoms with E-state index < -0.39 is 0 Å². The maximum atomic E-state index is 3.52. The molecule has 0 bridgehead atoms. The summed E-state index contributed by atoms with van der Waals surface area (Å²) in [5.41, 5.74) is 0. The van der Waals surface area contributed by atoms with Gasteiger partial charge >= 0.3 is 0 Å². The van der Waals surface area contributed by atoms with Gasteiger partial charge in [-0.1, -0.05) is 6.92 Å². The van der Waals surface area contributed by atoms with Crippen molar-refractivity contribution in [2.45, 2.75) is 19.4 Å². The molecule has 0 aliphatic rings. The van der Waals surface area contributed by atoms with Gasteiger partial charge in [0.1, 0.15) is 0 Å². The summed E-state index contributed by atoms with van der Waals surface area (Å²) < 4.78 is 1.22. The summed E-state index contributed by atoms with van der Waals surface area (Å²) in [5, 5.41) is 3.52. The molecule has 2 nitrogen and oxygen atoms in total. The predicted molar refractivity (Wildman–Crippen MR) is 71.7 cm³/mol. The van der Waals surface area contributed by atoms with E-state index in [0.717, 1.165) is 19.5 Å². The van der Waals surface area contributed by atoms with Crippen molar-refractivity contribution in [3.63, 3.8) is 0 Å². The van der Waals surface area contributed by atoms with Gasteiger partial charge in [0.15, 0.2) is 0 Å². The van der Waals surface area contributed by atoms with Crippen LogP contribution in [0.25, 0.3) is 0 Å². The Kier molecular flexibility index (Phi) is 5.82. The van der Waals surface area contributed by atoms with E-state index in [4.69, 9.17) is 0 Å². The number of halogens is 1. The van der Waals surface area contributed by atoms with Crippen LogP contribution in [0.3, 0.4) is 0 Å². The molecule has 1 rings (SSSR count). The topological polar surface area (TPSA) is 15.3 Å². The Labute approximate surface area is 105 Å². The van der Waals surface area contributed by atoms with Crippen LogP contribution in [-0.2, 0) is 6.42 Å². The third kappa shape index (κ3) is 5.11. The van der Waals surface area contributed by atoms with Crippen molar-refractivity contribution in [2.24, 2.45) is 0 Å². The molecule has 15 heavy (non-hydrogen) atoms. The second kappa shape index (κ2) is 6.63. The number of likely N-dealkylation sites (N-methyl/N-ethyl adjacent to an activating group) is 2. The van der Waals surface area contributed by atoms with Gasteiger partial charge in [0.05, 0.1) is 3.79 Å². The highest BCUT2D eigenvalue weighted by Crippen LogP contribution is 2.23. The van der Waals surface area contributed by atoms with Crippen LogP contribution in [0.4, 0.5) is 0 Å².